The number of amides is 2. The molecule has 0 spiro atoms. The molecule has 2 atom stereocenters. The predicted molar refractivity (Wildman–Crippen MR) is 123 cm³/mol. The first-order chi connectivity index (χ1) is 15.3. The summed E-state index contributed by atoms with van der Waals surface area (Å²) in [5.41, 5.74) is 1.32. The van der Waals surface area contributed by atoms with E-state index in [4.69, 9.17) is 4.74 Å². The highest BCUT2D eigenvalue weighted by Crippen LogP contribution is 2.23. The van der Waals surface area contributed by atoms with Crippen molar-refractivity contribution in [3.63, 3.8) is 0 Å². The summed E-state index contributed by atoms with van der Waals surface area (Å²) in [7, 11) is -3.12. The van der Waals surface area contributed by atoms with E-state index in [0.717, 1.165) is 5.56 Å². The van der Waals surface area contributed by atoms with Crippen molar-refractivity contribution in [2.45, 2.75) is 45.3 Å². The van der Waals surface area contributed by atoms with E-state index in [1.54, 1.807) is 29.2 Å². The van der Waals surface area contributed by atoms with E-state index in [-0.39, 0.29) is 42.0 Å². The van der Waals surface area contributed by atoms with Gasteiger partial charge in [-0.15, -0.1) is 0 Å². The maximum Gasteiger partial charge on any atom is 0.261 e. The van der Waals surface area contributed by atoms with Crippen LogP contribution in [0.25, 0.3) is 0 Å². The Labute approximate surface area is 189 Å². The molecule has 2 aromatic rings. The van der Waals surface area contributed by atoms with Gasteiger partial charge in [-0.25, -0.2) is 8.42 Å². The molecular formula is C24H30N2O5S. The lowest BCUT2D eigenvalue weighted by Gasteiger charge is -2.33. The summed E-state index contributed by atoms with van der Waals surface area (Å²) in [4.78, 5) is 27.4. The van der Waals surface area contributed by atoms with E-state index in [9.17, 15) is 18.0 Å². The Kier molecular flexibility index (Phi) is 7.90. The van der Waals surface area contributed by atoms with Gasteiger partial charge in [0, 0.05) is 18.6 Å². The topological polar surface area (TPSA) is 92.8 Å². The molecule has 1 heterocycles. The van der Waals surface area contributed by atoms with Crippen LogP contribution < -0.4 is 10.1 Å². The van der Waals surface area contributed by atoms with E-state index in [0.29, 0.717) is 30.7 Å². The molecule has 32 heavy (non-hydrogen) atoms. The smallest absolute Gasteiger partial charge is 0.261 e. The molecule has 3 rings (SSSR count). The van der Waals surface area contributed by atoms with Gasteiger partial charge >= 0.3 is 0 Å². The molecule has 0 radical (unpaired) electrons. The first-order valence-electron chi connectivity index (χ1n) is 10.9. The number of para-hydroxylation sites is 1. The third-order valence-electron chi connectivity index (χ3n) is 5.73. The summed E-state index contributed by atoms with van der Waals surface area (Å²) in [5, 5.41) is 2.87. The molecule has 1 N–H and O–H groups in total. The van der Waals surface area contributed by atoms with E-state index in [1.807, 2.05) is 44.2 Å². The molecule has 1 fully saturated rings. The second-order valence-electron chi connectivity index (χ2n) is 8.07. The number of hydrogen-bond donors (Lipinski definition) is 1. The molecule has 1 aliphatic heterocycles. The Morgan fingerprint density at radius 3 is 2.47 bits per heavy atom. The second kappa shape index (κ2) is 10.6. The van der Waals surface area contributed by atoms with Gasteiger partial charge in [0.1, 0.15) is 5.75 Å². The minimum Gasteiger partial charge on any atom is -0.483 e. The lowest BCUT2D eigenvalue weighted by Crippen LogP contribution is -2.48. The van der Waals surface area contributed by atoms with Crippen molar-refractivity contribution >= 4 is 21.7 Å². The van der Waals surface area contributed by atoms with Gasteiger partial charge in [0.2, 0.25) is 0 Å². The molecule has 172 valence electrons. The summed E-state index contributed by atoms with van der Waals surface area (Å²) in [6, 6.07) is 15.9. The van der Waals surface area contributed by atoms with Gasteiger partial charge in [0.15, 0.2) is 16.4 Å². The molecule has 0 aromatic heterocycles. The van der Waals surface area contributed by atoms with Crippen molar-refractivity contribution in [3.8, 4) is 5.75 Å². The molecule has 7 nitrogen and oxygen atoms in total. The first-order valence-corrected chi connectivity index (χ1v) is 12.7. The van der Waals surface area contributed by atoms with E-state index < -0.39 is 9.84 Å². The van der Waals surface area contributed by atoms with Crippen molar-refractivity contribution < 1.29 is 22.7 Å². The zero-order chi connectivity index (χ0) is 23.1. The third kappa shape index (κ3) is 6.09. The van der Waals surface area contributed by atoms with Crippen LogP contribution in [0, 0.1) is 0 Å². The summed E-state index contributed by atoms with van der Waals surface area (Å²) in [6.07, 6.45) is 1.15. The number of nitrogens with one attached hydrogen (secondary N) is 1. The predicted octanol–water partition coefficient (Wildman–Crippen LogP) is 2.81. The number of nitrogens with zero attached hydrogens (tertiary/aromatic N) is 1. The van der Waals surface area contributed by atoms with Gasteiger partial charge in [0.05, 0.1) is 17.1 Å². The fourth-order valence-electron chi connectivity index (χ4n) is 3.87. The van der Waals surface area contributed by atoms with Gasteiger partial charge in [-0.2, -0.15) is 0 Å². The quantitative estimate of drug-likeness (QED) is 0.624. The highest BCUT2D eigenvalue weighted by Gasteiger charge is 2.36. The minimum absolute atomic E-state index is 0.0123. The van der Waals surface area contributed by atoms with Crippen molar-refractivity contribution in [2.24, 2.45) is 0 Å². The average Bonchev–Trinajstić information content (AvgIpc) is 3.15. The maximum absolute atomic E-state index is 13.0. The molecule has 1 aliphatic rings. The first kappa shape index (κ1) is 23.8. The number of hydrogen-bond acceptors (Lipinski definition) is 5. The lowest BCUT2D eigenvalue weighted by molar-refractivity contribution is -0.137. The Morgan fingerprint density at radius 1 is 1.12 bits per heavy atom. The summed E-state index contributed by atoms with van der Waals surface area (Å²) in [6.45, 7) is 3.99. The molecule has 0 aliphatic carbocycles. The van der Waals surface area contributed by atoms with Crippen LogP contribution in [-0.4, -0.2) is 55.3 Å². The summed E-state index contributed by atoms with van der Waals surface area (Å²) in [5.74, 6) is -0.168. The second-order valence-corrected chi connectivity index (χ2v) is 10.3. The zero-order valence-electron chi connectivity index (χ0n) is 18.5. The van der Waals surface area contributed by atoms with Crippen LogP contribution >= 0.6 is 0 Å². The highest BCUT2D eigenvalue weighted by molar-refractivity contribution is 7.91. The number of carbonyl (C=O) groups is 2. The van der Waals surface area contributed by atoms with Crippen LogP contribution in [0.5, 0.6) is 5.75 Å². The Balaban J connectivity index is 1.66. The Hall–Kier alpha value is -2.87. The normalized spacial score (nSPS) is 18.0. The highest BCUT2D eigenvalue weighted by atomic mass is 32.2. The Bertz CT molecular complexity index is 1040. The molecule has 1 saturated heterocycles. The molecular weight excluding hydrogens is 428 g/mol. The molecule has 2 aromatic carbocycles. The number of benzene rings is 2. The van der Waals surface area contributed by atoms with Crippen LogP contribution in [0.1, 0.15) is 42.6 Å². The molecule has 0 unspecified atom stereocenters. The fourth-order valence-corrected chi connectivity index (χ4v) is 5.58. The van der Waals surface area contributed by atoms with Crippen LogP contribution in [0.4, 0.5) is 0 Å². The Morgan fingerprint density at radius 2 is 1.81 bits per heavy atom. The van der Waals surface area contributed by atoms with Gasteiger partial charge in [-0.3, -0.25) is 9.59 Å². The summed E-state index contributed by atoms with van der Waals surface area (Å²) >= 11 is 0. The standard InChI is InChI=1S/C24H30N2O5S/c1-3-18(2)26(20-13-14-32(29,30)17-20)23(27)16-31-22-12-8-7-11-21(22)24(28)25-15-19-9-5-4-6-10-19/h4-12,18,20H,3,13-17H2,1-2H3,(H,25,28)/t18-,20-/m1/s1. The van der Waals surface area contributed by atoms with Crippen molar-refractivity contribution in [1.29, 1.82) is 0 Å². The van der Waals surface area contributed by atoms with E-state index in [1.165, 1.54) is 0 Å². The van der Waals surface area contributed by atoms with Crippen molar-refractivity contribution in [2.75, 3.05) is 18.1 Å². The largest absolute Gasteiger partial charge is 0.483 e. The van der Waals surface area contributed by atoms with Gasteiger partial charge in [-0.1, -0.05) is 49.4 Å². The molecule has 2 amide bonds. The minimum atomic E-state index is -3.12. The monoisotopic (exact) mass is 458 g/mol. The van der Waals surface area contributed by atoms with Crippen molar-refractivity contribution in [1.82, 2.24) is 10.2 Å². The average molecular weight is 459 g/mol. The van der Waals surface area contributed by atoms with Crippen LogP contribution in [0.3, 0.4) is 0 Å². The number of rotatable bonds is 9. The van der Waals surface area contributed by atoms with Gasteiger partial charge in [0.25, 0.3) is 11.8 Å². The molecule has 0 bridgehead atoms. The van der Waals surface area contributed by atoms with Gasteiger partial charge < -0.3 is 15.0 Å². The summed E-state index contributed by atoms with van der Waals surface area (Å²) < 4.78 is 29.6. The fraction of sp³-hybridized carbons (Fsp3) is 0.417. The third-order valence-corrected chi connectivity index (χ3v) is 7.48. The van der Waals surface area contributed by atoms with E-state index >= 15 is 0 Å². The SMILES string of the molecule is CC[C@@H](C)N(C(=O)COc1ccccc1C(=O)NCc1ccccc1)[C@@H]1CCS(=O)(=O)C1. The number of carbonyl (C=O) groups excluding carboxylic acids is 2. The van der Waals surface area contributed by atoms with Crippen LogP contribution in [0.15, 0.2) is 54.6 Å². The van der Waals surface area contributed by atoms with E-state index in [2.05, 4.69) is 5.32 Å². The number of sulfone groups is 1. The molecule has 8 heteroatoms. The van der Waals surface area contributed by atoms with Crippen molar-refractivity contribution in [3.05, 3.63) is 65.7 Å². The number of ether oxygens (including phenoxy) is 1. The maximum atomic E-state index is 13.0. The lowest BCUT2D eigenvalue weighted by atomic mass is 10.1. The van der Waals surface area contributed by atoms with Crippen LogP contribution in [-0.2, 0) is 21.2 Å². The zero-order valence-corrected chi connectivity index (χ0v) is 19.3. The van der Waals surface area contributed by atoms with Crippen LogP contribution in [0.2, 0.25) is 0 Å². The molecule has 0 saturated carbocycles. The van der Waals surface area contributed by atoms with Gasteiger partial charge in [-0.05, 0) is 37.5 Å².